The SMILES string of the molecule is CCC1CCC(CCC(C)(C)C)CC1O.CN. The fraction of sp³-hybridized carbons (Fsp3) is 1.00. The number of nitrogens with two attached hydrogens (primary N) is 1. The molecular formula is C15H33NO. The summed E-state index contributed by atoms with van der Waals surface area (Å²) in [6.07, 6.45) is 7.35. The lowest BCUT2D eigenvalue weighted by Crippen LogP contribution is -2.29. The fourth-order valence-electron chi connectivity index (χ4n) is 2.67. The molecule has 0 aliphatic heterocycles. The van der Waals surface area contributed by atoms with E-state index in [0.29, 0.717) is 11.3 Å². The molecule has 17 heavy (non-hydrogen) atoms. The van der Waals surface area contributed by atoms with Crippen LogP contribution in [0.1, 0.15) is 66.2 Å². The predicted molar refractivity (Wildman–Crippen MR) is 75.9 cm³/mol. The van der Waals surface area contributed by atoms with Crippen molar-refractivity contribution in [3.8, 4) is 0 Å². The Balaban J connectivity index is 0.00000121. The summed E-state index contributed by atoms with van der Waals surface area (Å²) < 4.78 is 0. The molecule has 0 radical (unpaired) electrons. The highest BCUT2D eigenvalue weighted by Gasteiger charge is 2.28. The normalized spacial score (nSPS) is 29.5. The summed E-state index contributed by atoms with van der Waals surface area (Å²) in [5.74, 6) is 1.36. The van der Waals surface area contributed by atoms with Crippen LogP contribution in [-0.4, -0.2) is 18.3 Å². The Kier molecular flexibility index (Phi) is 8.06. The van der Waals surface area contributed by atoms with Gasteiger partial charge in [0.15, 0.2) is 0 Å². The van der Waals surface area contributed by atoms with Crippen LogP contribution in [-0.2, 0) is 0 Å². The van der Waals surface area contributed by atoms with Gasteiger partial charge in [0.25, 0.3) is 0 Å². The predicted octanol–water partition coefficient (Wildman–Crippen LogP) is 3.57. The third kappa shape index (κ3) is 7.05. The molecule has 2 nitrogen and oxygen atoms in total. The Morgan fingerprint density at radius 2 is 1.76 bits per heavy atom. The molecule has 2 heteroatoms. The zero-order chi connectivity index (χ0) is 13.5. The highest BCUT2D eigenvalue weighted by molar-refractivity contribution is 4.80. The van der Waals surface area contributed by atoms with Gasteiger partial charge in [-0.15, -0.1) is 0 Å². The molecule has 0 spiro atoms. The second-order valence-corrected chi connectivity index (χ2v) is 6.51. The van der Waals surface area contributed by atoms with Crippen LogP contribution in [0.4, 0.5) is 0 Å². The van der Waals surface area contributed by atoms with E-state index in [1.807, 2.05) is 0 Å². The van der Waals surface area contributed by atoms with Gasteiger partial charge >= 0.3 is 0 Å². The molecule has 0 heterocycles. The summed E-state index contributed by atoms with van der Waals surface area (Å²) in [6, 6.07) is 0. The summed E-state index contributed by atoms with van der Waals surface area (Å²) in [7, 11) is 1.50. The van der Waals surface area contributed by atoms with Crippen molar-refractivity contribution in [1.82, 2.24) is 0 Å². The zero-order valence-corrected chi connectivity index (χ0v) is 12.5. The topological polar surface area (TPSA) is 46.2 Å². The largest absolute Gasteiger partial charge is 0.393 e. The van der Waals surface area contributed by atoms with Crippen LogP contribution in [0, 0.1) is 17.3 Å². The van der Waals surface area contributed by atoms with Crippen LogP contribution in [0.5, 0.6) is 0 Å². The van der Waals surface area contributed by atoms with Crippen molar-refractivity contribution in [1.29, 1.82) is 0 Å². The number of aliphatic hydroxyl groups is 1. The Hall–Kier alpha value is -0.0800. The lowest BCUT2D eigenvalue weighted by atomic mass is 9.75. The van der Waals surface area contributed by atoms with Crippen molar-refractivity contribution in [3.63, 3.8) is 0 Å². The average molecular weight is 243 g/mol. The molecule has 0 aromatic rings. The van der Waals surface area contributed by atoms with Crippen LogP contribution in [0.3, 0.4) is 0 Å². The summed E-state index contributed by atoms with van der Waals surface area (Å²) in [5.41, 5.74) is 4.95. The smallest absolute Gasteiger partial charge is 0.0570 e. The van der Waals surface area contributed by atoms with Crippen LogP contribution >= 0.6 is 0 Å². The second-order valence-electron chi connectivity index (χ2n) is 6.51. The maximum atomic E-state index is 9.97. The van der Waals surface area contributed by atoms with Gasteiger partial charge in [-0.3, -0.25) is 0 Å². The summed E-state index contributed by atoms with van der Waals surface area (Å²) in [4.78, 5) is 0. The van der Waals surface area contributed by atoms with Gasteiger partial charge < -0.3 is 10.8 Å². The monoisotopic (exact) mass is 243 g/mol. The first kappa shape index (κ1) is 16.9. The highest BCUT2D eigenvalue weighted by atomic mass is 16.3. The maximum absolute atomic E-state index is 9.97. The van der Waals surface area contributed by atoms with E-state index in [9.17, 15) is 5.11 Å². The van der Waals surface area contributed by atoms with Gasteiger partial charge in [-0.25, -0.2) is 0 Å². The van der Waals surface area contributed by atoms with Gasteiger partial charge in [0.05, 0.1) is 6.10 Å². The molecule has 1 saturated carbocycles. The zero-order valence-electron chi connectivity index (χ0n) is 12.5. The van der Waals surface area contributed by atoms with Crippen molar-refractivity contribution in [3.05, 3.63) is 0 Å². The quantitative estimate of drug-likeness (QED) is 0.796. The van der Waals surface area contributed by atoms with E-state index >= 15 is 0 Å². The Bertz CT molecular complexity index is 186. The van der Waals surface area contributed by atoms with Crippen LogP contribution in [0.15, 0.2) is 0 Å². The van der Waals surface area contributed by atoms with Crippen molar-refractivity contribution < 1.29 is 5.11 Å². The van der Waals surface area contributed by atoms with E-state index in [1.165, 1.54) is 32.7 Å². The molecule has 3 unspecified atom stereocenters. The number of rotatable bonds is 3. The Morgan fingerprint density at radius 3 is 2.18 bits per heavy atom. The molecule has 3 N–H and O–H groups in total. The minimum Gasteiger partial charge on any atom is -0.393 e. The van der Waals surface area contributed by atoms with Crippen LogP contribution in [0.2, 0.25) is 0 Å². The fourth-order valence-corrected chi connectivity index (χ4v) is 2.67. The molecule has 1 rings (SSSR count). The molecular weight excluding hydrogens is 210 g/mol. The van der Waals surface area contributed by atoms with E-state index in [-0.39, 0.29) is 6.10 Å². The standard InChI is InChI=1S/C14H28O.CH5N/c1-5-12-7-6-11(10-13(12)15)8-9-14(2,3)4;1-2/h11-13,15H,5-10H2,1-4H3;2H2,1H3. The first-order chi connectivity index (χ1) is 7.92. The number of aliphatic hydroxyl groups excluding tert-OH is 1. The molecule has 1 aliphatic carbocycles. The Labute approximate surface area is 108 Å². The van der Waals surface area contributed by atoms with E-state index < -0.39 is 0 Å². The van der Waals surface area contributed by atoms with Crippen molar-refractivity contribution in [2.24, 2.45) is 23.0 Å². The molecule has 0 amide bonds. The Morgan fingerprint density at radius 1 is 1.18 bits per heavy atom. The molecule has 0 aromatic heterocycles. The van der Waals surface area contributed by atoms with Gasteiger partial charge in [-0.1, -0.05) is 34.1 Å². The first-order valence-electron chi connectivity index (χ1n) is 7.18. The average Bonchev–Trinajstić information content (AvgIpc) is 2.28. The lowest BCUT2D eigenvalue weighted by Gasteiger charge is -2.33. The maximum Gasteiger partial charge on any atom is 0.0570 e. The van der Waals surface area contributed by atoms with E-state index in [0.717, 1.165) is 18.8 Å². The van der Waals surface area contributed by atoms with Gasteiger partial charge in [0.2, 0.25) is 0 Å². The molecule has 3 atom stereocenters. The third-order valence-corrected chi connectivity index (χ3v) is 3.89. The van der Waals surface area contributed by atoms with Gasteiger partial charge in [-0.05, 0) is 56.4 Å². The summed E-state index contributed by atoms with van der Waals surface area (Å²) >= 11 is 0. The third-order valence-electron chi connectivity index (χ3n) is 3.89. The molecule has 0 aromatic carbocycles. The van der Waals surface area contributed by atoms with Crippen LogP contribution in [0.25, 0.3) is 0 Å². The van der Waals surface area contributed by atoms with E-state index in [2.05, 4.69) is 33.4 Å². The van der Waals surface area contributed by atoms with Crippen LogP contribution < -0.4 is 5.73 Å². The van der Waals surface area contributed by atoms with Gasteiger partial charge in [0.1, 0.15) is 0 Å². The van der Waals surface area contributed by atoms with Gasteiger partial charge in [0, 0.05) is 0 Å². The van der Waals surface area contributed by atoms with E-state index in [4.69, 9.17) is 0 Å². The molecule has 0 bridgehead atoms. The highest BCUT2D eigenvalue weighted by Crippen LogP contribution is 2.35. The summed E-state index contributed by atoms with van der Waals surface area (Å²) in [6.45, 7) is 9.12. The van der Waals surface area contributed by atoms with Crippen molar-refractivity contribution >= 4 is 0 Å². The van der Waals surface area contributed by atoms with E-state index in [1.54, 1.807) is 0 Å². The number of hydrogen-bond donors (Lipinski definition) is 2. The molecule has 104 valence electrons. The van der Waals surface area contributed by atoms with Crippen molar-refractivity contribution in [2.75, 3.05) is 7.05 Å². The van der Waals surface area contributed by atoms with Gasteiger partial charge in [-0.2, -0.15) is 0 Å². The van der Waals surface area contributed by atoms with Crippen molar-refractivity contribution in [2.45, 2.75) is 72.3 Å². The number of hydrogen-bond acceptors (Lipinski definition) is 2. The molecule has 1 fully saturated rings. The molecule has 1 aliphatic rings. The second kappa shape index (κ2) is 8.10. The lowest BCUT2D eigenvalue weighted by molar-refractivity contribution is 0.0382. The minimum atomic E-state index is -0.0197. The minimum absolute atomic E-state index is 0.0197. The summed E-state index contributed by atoms with van der Waals surface area (Å²) in [5, 5.41) is 9.97. The molecule has 0 saturated heterocycles. The first-order valence-corrected chi connectivity index (χ1v) is 7.18.